The highest BCUT2D eigenvalue weighted by Gasteiger charge is 2.18. The van der Waals surface area contributed by atoms with Gasteiger partial charge in [0.1, 0.15) is 17.6 Å². The van der Waals surface area contributed by atoms with Crippen molar-refractivity contribution in [2.24, 2.45) is 0 Å². The first-order chi connectivity index (χ1) is 8.65. The Hall–Kier alpha value is -1.79. The van der Waals surface area contributed by atoms with E-state index in [1.165, 1.54) is 11.3 Å². The van der Waals surface area contributed by atoms with Crippen molar-refractivity contribution in [3.8, 4) is 11.5 Å². The van der Waals surface area contributed by atoms with E-state index in [-0.39, 0.29) is 0 Å². The zero-order valence-electron chi connectivity index (χ0n) is 10.1. The van der Waals surface area contributed by atoms with Crippen molar-refractivity contribution in [3.63, 3.8) is 0 Å². The first-order valence-electron chi connectivity index (χ1n) is 5.27. The van der Waals surface area contributed by atoms with E-state index in [9.17, 15) is 5.11 Å². The fourth-order valence-electron chi connectivity index (χ4n) is 1.63. The summed E-state index contributed by atoms with van der Waals surface area (Å²) in [6.45, 7) is 0. The molecular weight excluding hydrogens is 252 g/mol. The Labute approximate surface area is 109 Å². The van der Waals surface area contributed by atoms with Crippen LogP contribution in [0.2, 0.25) is 0 Å². The number of ether oxygens (including phenoxy) is 2. The Kier molecular flexibility index (Phi) is 3.69. The maximum absolute atomic E-state index is 10.3. The van der Waals surface area contributed by atoms with Crippen LogP contribution in [0.3, 0.4) is 0 Å². The second-order valence-electron chi connectivity index (χ2n) is 3.61. The van der Waals surface area contributed by atoms with E-state index in [0.717, 1.165) is 0 Å². The molecule has 0 fully saturated rings. The summed E-state index contributed by atoms with van der Waals surface area (Å²) in [5, 5.41) is 10.7. The van der Waals surface area contributed by atoms with E-state index >= 15 is 0 Å². The average molecular weight is 266 g/mol. The van der Waals surface area contributed by atoms with Crippen molar-refractivity contribution in [1.82, 2.24) is 4.98 Å². The molecule has 0 aliphatic carbocycles. The molecule has 1 aromatic heterocycles. The monoisotopic (exact) mass is 266 g/mol. The van der Waals surface area contributed by atoms with Gasteiger partial charge in [0.2, 0.25) is 0 Å². The summed E-state index contributed by atoms with van der Waals surface area (Å²) >= 11 is 1.24. The van der Waals surface area contributed by atoms with Crippen LogP contribution in [-0.2, 0) is 0 Å². The summed E-state index contributed by atoms with van der Waals surface area (Å²) in [5.74, 6) is 1.25. The van der Waals surface area contributed by atoms with Gasteiger partial charge in [-0.15, -0.1) is 0 Å². The highest BCUT2D eigenvalue weighted by atomic mass is 32.1. The van der Waals surface area contributed by atoms with Crippen LogP contribution in [0.1, 0.15) is 16.5 Å². The molecule has 1 atom stereocenters. The van der Waals surface area contributed by atoms with E-state index in [2.05, 4.69) is 4.98 Å². The number of aromatic nitrogens is 1. The maximum Gasteiger partial charge on any atom is 0.180 e. The van der Waals surface area contributed by atoms with Gasteiger partial charge in [-0.1, -0.05) is 11.3 Å². The molecule has 1 heterocycles. The number of nitrogens with two attached hydrogens (primary N) is 1. The van der Waals surface area contributed by atoms with E-state index in [0.29, 0.717) is 27.1 Å². The highest BCUT2D eigenvalue weighted by molar-refractivity contribution is 7.15. The molecule has 1 aromatic carbocycles. The summed E-state index contributed by atoms with van der Waals surface area (Å²) in [6.07, 6.45) is 0.730. The third-order valence-electron chi connectivity index (χ3n) is 2.54. The number of nitrogen functional groups attached to an aromatic ring is 1. The third kappa shape index (κ3) is 2.39. The van der Waals surface area contributed by atoms with Crippen LogP contribution in [0.5, 0.6) is 11.5 Å². The number of nitrogens with zero attached hydrogens (tertiary/aromatic N) is 1. The fourth-order valence-corrected chi connectivity index (χ4v) is 2.32. The number of hydrogen-bond acceptors (Lipinski definition) is 6. The number of hydrogen-bond donors (Lipinski definition) is 2. The highest BCUT2D eigenvalue weighted by Crippen LogP contribution is 2.35. The molecule has 0 saturated carbocycles. The Balaban J connectivity index is 2.41. The molecule has 0 saturated heterocycles. The molecule has 18 heavy (non-hydrogen) atoms. The molecule has 2 rings (SSSR count). The Bertz CT molecular complexity index is 542. The Morgan fingerprint density at radius 3 is 2.67 bits per heavy atom. The lowest BCUT2D eigenvalue weighted by Crippen LogP contribution is -2.01. The van der Waals surface area contributed by atoms with Crippen LogP contribution in [-0.4, -0.2) is 24.3 Å². The quantitative estimate of drug-likeness (QED) is 0.882. The SMILES string of the molecule is COc1ccc(OC)c(C(O)c2cnc(N)s2)c1. The molecule has 0 bridgehead atoms. The molecule has 1 unspecified atom stereocenters. The molecule has 5 nitrogen and oxygen atoms in total. The van der Waals surface area contributed by atoms with Gasteiger partial charge in [-0.25, -0.2) is 4.98 Å². The molecule has 0 aliphatic rings. The van der Waals surface area contributed by atoms with Crippen molar-refractivity contribution >= 4 is 16.5 Å². The van der Waals surface area contributed by atoms with E-state index < -0.39 is 6.10 Å². The summed E-state index contributed by atoms with van der Waals surface area (Å²) in [7, 11) is 3.13. The maximum atomic E-state index is 10.3. The zero-order chi connectivity index (χ0) is 13.1. The number of methoxy groups -OCH3 is 2. The summed E-state index contributed by atoms with van der Waals surface area (Å²) in [5.41, 5.74) is 6.19. The van der Waals surface area contributed by atoms with E-state index in [4.69, 9.17) is 15.2 Å². The largest absolute Gasteiger partial charge is 0.497 e. The summed E-state index contributed by atoms with van der Waals surface area (Å²) in [4.78, 5) is 4.59. The van der Waals surface area contributed by atoms with Gasteiger partial charge in [-0.3, -0.25) is 0 Å². The molecule has 2 aromatic rings. The predicted octanol–water partition coefficient (Wildman–Crippen LogP) is 1.82. The number of aliphatic hydroxyl groups excluding tert-OH is 1. The summed E-state index contributed by atoms with van der Waals surface area (Å²) in [6, 6.07) is 5.26. The van der Waals surface area contributed by atoms with Crippen molar-refractivity contribution in [2.45, 2.75) is 6.10 Å². The van der Waals surface area contributed by atoms with Gasteiger partial charge in [-0.2, -0.15) is 0 Å². The van der Waals surface area contributed by atoms with Gasteiger partial charge >= 0.3 is 0 Å². The molecular formula is C12H14N2O3S. The van der Waals surface area contributed by atoms with Crippen LogP contribution in [0, 0.1) is 0 Å². The van der Waals surface area contributed by atoms with Gasteiger partial charge in [-0.05, 0) is 18.2 Å². The topological polar surface area (TPSA) is 77.6 Å². The molecule has 6 heteroatoms. The minimum absolute atomic E-state index is 0.422. The Morgan fingerprint density at radius 2 is 2.11 bits per heavy atom. The van der Waals surface area contributed by atoms with Crippen molar-refractivity contribution in [2.75, 3.05) is 20.0 Å². The lowest BCUT2D eigenvalue weighted by Gasteiger charge is -2.14. The minimum Gasteiger partial charge on any atom is -0.497 e. The van der Waals surface area contributed by atoms with Crippen LogP contribution in [0.25, 0.3) is 0 Å². The van der Waals surface area contributed by atoms with Crippen molar-refractivity contribution in [1.29, 1.82) is 0 Å². The predicted molar refractivity (Wildman–Crippen MR) is 70.1 cm³/mol. The lowest BCUT2D eigenvalue weighted by atomic mass is 10.1. The van der Waals surface area contributed by atoms with Crippen LogP contribution in [0.4, 0.5) is 5.13 Å². The smallest absolute Gasteiger partial charge is 0.180 e. The Morgan fingerprint density at radius 1 is 1.33 bits per heavy atom. The molecule has 0 amide bonds. The number of rotatable bonds is 4. The number of anilines is 1. The third-order valence-corrected chi connectivity index (χ3v) is 3.42. The second-order valence-corrected chi connectivity index (χ2v) is 4.71. The molecule has 3 N–H and O–H groups in total. The summed E-state index contributed by atoms with van der Waals surface area (Å²) < 4.78 is 10.4. The molecule has 0 spiro atoms. The standard InChI is InChI=1S/C12H14N2O3S/c1-16-7-3-4-9(17-2)8(5-7)11(15)10-6-14-12(13)18-10/h3-6,11,15H,1-2H3,(H2,13,14). The van der Waals surface area contributed by atoms with Gasteiger partial charge in [0.15, 0.2) is 5.13 Å². The first-order valence-corrected chi connectivity index (χ1v) is 6.08. The second kappa shape index (κ2) is 5.24. The molecule has 0 aliphatic heterocycles. The van der Waals surface area contributed by atoms with Gasteiger partial charge in [0, 0.05) is 11.8 Å². The normalized spacial score (nSPS) is 12.2. The van der Waals surface area contributed by atoms with Gasteiger partial charge < -0.3 is 20.3 Å². The number of thiazole rings is 1. The fraction of sp³-hybridized carbons (Fsp3) is 0.250. The molecule has 0 radical (unpaired) electrons. The number of aliphatic hydroxyl groups is 1. The van der Waals surface area contributed by atoms with Crippen LogP contribution >= 0.6 is 11.3 Å². The minimum atomic E-state index is -0.829. The first kappa shape index (κ1) is 12.7. The van der Waals surface area contributed by atoms with Gasteiger partial charge in [0.05, 0.1) is 19.1 Å². The van der Waals surface area contributed by atoms with Crippen LogP contribution in [0.15, 0.2) is 24.4 Å². The number of benzene rings is 1. The lowest BCUT2D eigenvalue weighted by molar-refractivity contribution is 0.217. The zero-order valence-corrected chi connectivity index (χ0v) is 10.9. The van der Waals surface area contributed by atoms with Crippen molar-refractivity contribution < 1.29 is 14.6 Å². The van der Waals surface area contributed by atoms with Crippen molar-refractivity contribution in [3.05, 3.63) is 34.8 Å². The molecule has 96 valence electrons. The van der Waals surface area contributed by atoms with Crippen LogP contribution < -0.4 is 15.2 Å². The van der Waals surface area contributed by atoms with E-state index in [1.54, 1.807) is 38.6 Å². The average Bonchev–Trinajstić information content (AvgIpc) is 2.83. The van der Waals surface area contributed by atoms with Gasteiger partial charge in [0.25, 0.3) is 0 Å². The van der Waals surface area contributed by atoms with E-state index in [1.807, 2.05) is 0 Å².